The Morgan fingerprint density at radius 3 is 2.64 bits per heavy atom. The number of carbonyl (C=O) groups is 1. The molecule has 5 nitrogen and oxygen atoms in total. The largest absolute Gasteiger partial charge is 0.384 e. The Morgan fingerprint density at radius 2 is 1.96 bits per heavy atom. The number of hydrogen-bond donors (Lipinski definition) is 3. The summed E-state index contributed by atoms with van der Waals surface area (Å²) in [6, 6.07) is 9.73. The van der Waals surface area contributed by atoms with Gasteiger partial charge in [-0.25, -0.2) is 9.37 Å². The number of benzene rings is 1. The Hall–Kier alpha value is -3.15. The van der Waals surface area contributed by atoms with Crippen molar-refractivity contribution in [3.63, 3.8) is 0 Å². The summed E-state index contributed by atoms with van der Waals surface area (Å²) in [6.07, 6.45) is 2.99. The number of ketones is 1. The fraction of sp³-hybridized carbons (Fsp3) is 0.273. The standard InChI is InChI=1S/C22H23FN4O/c1-12(2)14-9-17-20(18(28)10-14)22(26-16-5-3-15(23)4-6-16)21(27-17)13-7-8-25-19(24)11-13/h3-8,11-12,14,26-27H,9-10H2,1-2H3,(H2,24,25). The maximum Gasteiger partial charge on any atom is 0.167 e. The van der Waals surface area contributed by atoms with Gasteiger partial charge in [-0.05, 0) is 54.7 Å². The van der Waals surface area contributed by atoms with Crippen LogP contribution in [-0.4, -0.2) is 15.8 Å². The lowest BCUT2D eigenvalue weighted by Crippen LogP contribution is -2.23. The van der Waals surface area contributed by atoms with E-state index < -0.39 is 0 Å². The van der Waals surface area contributed by atoms with Gasteiger partial charge in [-0.15, -0.1) is 0 Å². The first-order valence-corrected chi connectivity index (χ1v) is 9.45. The molecule has 0 aliphatic heterocycles. The number of H-pyrrole nitrogens is 1. The van der Waals surface area contributed by atoms with Gasteiger partial charge in [0.05, 0.1) is 16.9 Å². The topological polar surface area (TPSA) is 83.8 Å². The Kier molecular flexibility index (Phi) is 4.63. The van der Waals surface area contributed by atoms with Crippen LogP contribution in [-0.2, 0) is 6.42 Å². The third kappa shape index (κ3) is 3.38. The first kappa shape index (κ1) is 18.2. The van der Waals surface area contributed by atoms with Crippen LogP contribution in [0.15, 0.2) is 42.6 Å². The molecule has 0 amide bonds. The highest BCUT2D eigenvalue weighted by Crippen LogP contribution is 2.41. The zero-order valence-corrected chi connectivity index (χ0v) is 15.9. The van der Waals surface area contributed by atoms with Crippen LogP contribution in [0.25, 0.3) is 11.3 Å². The molecule has 1 aromatic carbocycles. The summed E-state index contributed by atoms with van der Waals surface area (Å²) in [4.78, 5) is 20.5. The van der Waals surface area contributed by atoms with E-state index in [-0.39, 0.29) is 11.6 Å². The number of pyridine rings is 1. The number of nitrogens with two attached hydrogens (primary N) is 1. The minimum atomic E-state index is -0.306. The van der Waals surface area contributed by atoms with Gasteiger partial charge in [-0.1, -0.05) is 13.8 Å². The van der Waals surface area contributed by atoms with Crippen LogP contribution in [0.1, 0.15) is 36.3 Å². The quantitative estimate of drug-likeness (QED) is 0.600. The number of carbonyl (C=O) groups excluding carboxylic acids is 1. The number of nitrogens with zero attached hydrogens (tertiary/aromatic N) is 1. The molecule has 0 bridgehead atoms. The zero-order chi connectivity index (χ0) is 19.8. The van der Waals surface area contributed by atoms with Crippen molar-refractivity contribution in [1.29, 1.82) is 0 Å². The second-order valence-electron chi connectivity index (χ2n) is 7.67. The second-order valence-corrected chi connectivity index (χ2v) is 7.67. The molecule has 0 spiro atoms. The van der Waals surface area contributed by atoms with Gasteiger partial charge < -0.3 is 16.0 Å². The molecule has 1 aliphatic rings. The Morgan fingerprint density at radius 1 is 1.21 bits per heavy atom. The molecule has 6 heteroatoms. The average Bonchev–Trinajstić information content (AvgIpc) is 3.02. The maximum absolute atomic E-state index is 13.3. The van der Waals surface area contributed by atoms with Crippen molar-refractivity contribution in [3.05, 3.63) is 59.7 Å². The van der Waals surface area contributed by atoms with Crippen LogP contribution >= 0.6 is 0 Å². The van der Waals surface area contributed by atoms with Gasteiger partial charge in [0.25, 0.3) is 0 Å². The van der Waals surface area contributed by atoms with Gasteiger partial charge in [0.2, 0.25) is 0 Å². The molecule has 144 valence electrons. The normalized spacial score (nSPS) is 16.3. The van der Waals surface area contributed by atoms with E-state index in [2.05, 4.69) is 29.1 Å². The maximum atomic E-state index is 13.3. The van der Waals surface area contributed by atoms with Crippen LogP contribution < -0.4 is 11.1 Å². The number of halogens is 1. The van der Waals surface area contributed by atoms with Crippen LogP contribution in [0.3, 0.4) is 0 Å². The Balaban J connectivity index is 1.84. The average molecular weight is 378 g/mol. The van der Waals surface area contributed by atoms with Crippen molar-refractivity contribution in [2.24, 2.45) is 11.8 Å². The van der Waals surface area contributed by atoms with E-state index >= 15 is 0 Å². The number of hydrogen-bond acceptors (Lipinski definition) is 4. The van der Waals surface area contributed by atoms with Gasteiger partial charge in [0.15, 0.2) is 5.78 Å². The van der Waals surface area contributed by atoms with E-state index in [0.717, 1.165) is 23.4 Å². The fourth-order valence-corrected chi connectivity index (χ4v) is 3.78. The number of fused-ring (bicyclic) bond motifs is 1. The van der Waals surface area contributed by atoms with Crippen LogP contribution in [0.4, 0.5) is 21.6 Å². The lowest BCUT2D eigenvalue weighted by Gasteiger charge is -2.25. The number of Topliss-reactive ketones (excluding diaryl/α,β-unsaturated/α-hetero) is 1. The predicted octanol–water partition coefficient (Wildman–Crippen LogP) is 4.94. The van der Waals surface area contributed by atoms with Crippen molar-refractivity contribution in [2.75, 3.05) is 11.1 Å². The molecule has 0 radical (unpaired) electrons. The smallest absolute Gasteiger partial charge is 0.167 e. The summed E-state index contributed by atoms with van der Waals surface area (Å²) in [5.74, 6) is 0.958. The summed E-state index contributed by atoms with van der Waals surface area (Å²) in [6.45, 7) is 4.29. The summed E-state index contributed by atoms with van der Waals surface area (Å²) in [5.41, 5.74) is 10.6. The minimum absolute atomic E-state index is 0.120. The highest BCUT2D eigenvalue weighted by atomic mass is 19.1. The molecular formula is C22H23FN4O. The molecule has 4 N–H and O–H groups in total. The van der Waals surface area contributed by atoms with Crippen molar-refractivity contribution < 1.29 is 9.18 Å². The molecule has 28 heavy (non-hydrogen) atoms. The highest BCUT2D eigenvalue weighted by Gasteiger charge is 2.32. The molecule has 4 rings (SSSR count). The first-order chi connectivity index (χ1) is 13.4. The van der Waals surface area contributed by atoms with Gasteiger partial charge in [0, 0.05) is 29.6 Å². The fourth-order valence-electron chi connectivity index (χ4n) is 3.78. The number of nitrogen functional groups attached to an aromatic ring is 1. The van der Waals surface area contributed by atoms with Crippen molar-refractivity contribution in [2.45, 2.75) is 26.7 Å². The third-order valence-electron chi connectivity index (χ3n) is 5.40. The third-order valence-corrected chi connectivity index (χ3v) is 5.40. The molecule has 1 unspecified atom stereocenters. The lowest BCUT2D eigenvalue weighted by molar-refractivity contribution is 0.0934. The molecule has 0 saturated carbocycles. The van der Waals surface area contributed by atoms with Gasteiger partial charge in [0.1, 0.15) is 11.6 Å². The summed E-state index contributed by atoms with van der Waals surface area (Å²) >= 11 is 0. The SMILES string of the molecule is CC(C)C1CC(=O)c2c([nH]c(-c3ccnc(N)c3)c2Nc2ccc(F)cc2)C1. The molecule has 0 saturated heterocycles. The number of rotatable bonds is 4. The zero-order valence-electron chi connectivity index (χ0n) is 15.9. The number of aromatic amines is 1. The molecule has 1 atom stereocenters. The number of anilines is 3. The van der Waals surface area contributed by atoms with Crippen molar-refractivity contribution in [3.8, 4) is 11.3 Å². The summed E-state index contributed by atoms with van der Waals surface area (Å²) in [5, 5.41) is 3.32. The van der Waals surface area contributed by atoms with E-state index in [1.165, 1.54) is 12.1 Å². The van der Waals surface area contributed by atoms with Crippen LogP contribution in [0.5, 0.6) is 0 Å². The summed E-state index contributed by atoms with van der Waals surface area (Å²) < 4.78 is 13.3. The minimum Gasteiger partial charge on any atom is -0.384 e. The van der Waals surface area contributed by atoms with Crippen molar-refractivity contribution in [1.82, 2.24) is 9.97 Å². The molecule has 2 aromatic heterocycles. The molecule has 0 fully saturated rings. The van der Waals surface area contributed by atoms with E-state index in [9.17, 15) is 9.18 Å². The van der Waals surface area contributed by atoms with Gasteiger partial charge in [-0.2, -0.15) is 0 Å². The highest BCUT2D eigenvalue weighted by molar-refractivity contribution is 6.07. The monoisotopic (exact) mass is 378 g/mol. The first-order valence-electron chi connectivity index (χ1n) is 9.45. The van der Waals surface area contributed by atoms with E-state index in [1.807, 2.05) is 6.07 Å². The second kappa shape index (κ2) is 7.11. The molecule has 2 heterocycles. The van der Waals surface area contributed by atoms with Crippen LogP contribution in [0.2, 0.25) is 0 Å². The number of aromatic nitrogens is 2. The molecule has 3 aromatic rings. The van der Waals surface area contributed by atoms with E-state index in [4.69, 9.17) is 5.73 Å². The number of nitrogens with one attached hydrogen (secondary N) is 2. The Labute approximate surface area is 163 Å². The molecule has 1 aliphatic carbocycles. The predicted molar refractivity (Wildman–Crippen MR) is 109 cm³/mol. The Bertz CT molecular complexity index is 1020. The molecular weight excluding hydrogens is 355 g/mol. The lowest BCUT2D eigenvalue weighted by atomic mass is 9.80. The van der Waals surface area contributed by atoms with Crippen molar-refractivity contribution >= 4 is 23.0 Å². The van der Waals surface area contributed by atoms with Gasteiger partial charge in [-0.3, -0.25) is 4.79 Å². The van der Waals surface area contributed by atoms with Crippen LogP contribution in [0, 0.1) is 17.7 Å². The summed E-state index contributed by atoms with van der Waals surface area (Å²) in [7, 11) is 0. The van der Waals surface area contributed by atoms with E-state index in [1.54, 1.807) is 24.4 Å². The van der Waals surface area contributed by atoms with Gasteiger partial charge >= 0.3 is 0 Å². The van der Waals surface area contributed by atoms with E-state index in [0.29, 0.717) is 41.0 Å².